The van der Waals surface area contributed by atoms with Gasteiger partial charge in [-0.15, -0.1) is 0 Å². The van der Waals surface area contributed by atoms with Gasteiger partial charge in [-0.25, -0.2) is 0 Å². The van der Waals surface area contributed by atoms with Crippen molar-refractivity contribution in [1.82, 2.24) is 15.1 Å². The Morgan fingerprint density at radius 1 is 1.12 bits per heavy atom. The normalized spacial score (nSPS) is 11.8. The summed E-state index contributed by atoms with van der Waals surface area (Å²) in [7, 11) is 1.82. The lowest BCUT2D eigenvalue weighted by atomic mass is 10.1. The Bertz CT molecular complexity index is 829. The molecule has 0 aliphatic rings. The van der Waals surface area contributed by atoms with Crippen molar-refractivity contribution in [2.45, 2.75) is 13.0 Å². The Hall–Kier alpha value is -3.08. The molecule has 0 saturated carbocycles. The van der Waals surface area contributed by atoms with Gasteiger partial charge in [0, 0.05) is 12.7 Å². The molecule has 0 fully saturated rings. The Morgan fingerprint density at radius 2 is 1.76 bits per heavy atom. The summed E-state index contributed by atoms with van der Waals surface area (Å²) in [6.07, 6.45) is 1.59. The van der Waals surface area contributed by atoms with E-state index in [1.165, 1.54) is 0 Å². The van der Waals surface area contributed by atoms with Gasteiger partial charge in [0.1, 0.15) is 12.4 Å². The molecule has 0 aliphatic carbocycles. The molecule has 1 amide bonds. The molecule has 5 heteroatoms. The molecule has 3 rings (SSSR count). The summed E-state index contributed by atoms with van der Waals surface area (Å²) < 4.78 is 7.55. The molecule has 5 nitrogen and oxygen atoms in total. The van der Waals surface area contributed by atoms with Crippen molar-refractivity contribution in [3.63, 3.8) is 0 Å². The highest BCUT2D eigenvalue weighted by Crippen LogP contribution is 2.17. The molecule has 1 N–H and O–H groups in total. The maximum absolute atomic E-state index is 12.7. The number of hydrogen-bond acceptors (Lipinski definition) is 3. The average molecular weight is 335 g/mol. The molecule has 1 unspecified atom stereocenters. The molecule has 25 heavy (non-hydrogen) atoms. The lowest BCUT2D eigenvalue weighted by Gasteiger charge is -2.20. The van der Waals surface area contributed by atoms with Gasteiger partial charge in [0.15, 0.2) is 0 Å². The fraction of sp³-hybridized carbons (Fsp3) is 0.200. The quantitative estimate of drug-likeness (QED) is 0.752. The van der Waals surface area contributed by atoms with Crippen molar-refractivity contribution in [1.29, 1.82) is 0 Å². The van der Waals surface area contributed by atoms with E-state index < -0.39 is 0 Å². The third-order valence-electron chi connectivity index (χ3n) is 4.15. The first-order valence-corrected chi connectivity index (χ1v) is 8.17. The second kappa shape index (κ2) is 7.66. The average Bonchev–Trinajstić information content (AvgIpc) is 2.99. The van der Waals surface area contributed by atoms with Gasteiger partial charge in [-0.2, -0.15) is 5.10 Å². The second-order valence-corrected chi connectivity index (χ2v) is 5.83. The number of rotatable bonds is 6. The molecule has 1 aromatic heterocycles. The van der Waals surface area contributed by atoms with Gasteiger partial charge < -0.3 is 10.1 Å². The third kappa shape index (κ3) is 4.07. The standard InChI is InChI=1S/C20H21N3O2/c1-15-18(13-21-23(15)2)20(24)22-19(16-9-5-3-6-10-16)14-25-17-11-7-4-8-12-17/h3-13,19H,14H2,1-2H3,(H,22,24). The minimum Gasteiger partial charge on any atom is -0.491 e. The highest BCUT2D eigenvalue weighted by atomic mass is 16.5. The predicted molar refractivity (Wildman–Crippen MR) is 96.5 cm³/mol. The van der Waals surface area contributed by atoms with Crippen LogP contribution in [0.1, 0.15) is 27.7 Å². The van der Waals surface area contributed by atoms with E-state index in [1.54, 1.807) is 10.9 Å². The van der Waals surface area contributed by atoms with Crippen molar-refractivity contribution in [2.75, 3.05) is 6.61 Å². The molecule has 1 heterocycles. The first kappa shape index (κ1) is 16.8. The molecule has 0 spiro atoms. The Kier molecular flexibility index (Phi) is 5.14. The molecular weight excluding hydrogens is 314 g/mol. The summed E-state index contributed by atoms with van der Waals surface area (Å²) >= 11 is 0. The van der Waals surface area contributed by atoms with Crippen LogP contribution in [0.25, 0.3) is 0 Å². The van der Waals surface area contributed by atoms with E-state index in [9.17, 15) is 4.79 Å². The number of benzene rings is 2. The van der Waals surface area contributed by atoms with Crippen LogP contribution < -0.4 is 10.1 Å². The number of amides is 1. The van der Waals surface area contributed by atoms with Gasteiger partial charge >= 0.3 is 0 Å². The zero-order valence-corrected chi connectivity index (χ0v) is 14.3. The van der Waals surface area contributed by atoms with Crippen LogP contribution >= 0.6 is 0 Å². The molecular formula is C20H21N3O2. The van der Waals surface area contributed by atoms with Gasteiger partial charge in [0.2, 0.25) is 0 Å². The van der Waals surface area contributed by atoms with Crippen LogP contribution in [0.4, 0.5) is 0 Å². The number of hydrogen-bond donors (Lipinski definition) is 1. The molecule has 0 saturated heterocycles. The number of para-hydroxylation sites is 1. The summed E-state index contributed by atoms with van der Waals surface area (Å²) in [4.78, 5) is 12.7. The molecule has 2 aromatic carbocycles. The summed E-state index contributed by atoms with van der Waals surface area (Å²) in [5.74, 6) is 0.617. The van der Waals surface area contributed by atoms with Crippen molar-refractivity contribution >= 4 is 5.91 Å². The maximum Gasteiger partial charge on any atom is 0.255 e. The first-order chi connectivity index (χ1) is 12.1. The van der Waals surface area contributed by atoms with Crippen molar-refractivity contribution in [2.24, 2.45) is 7.05 Å². The Labute approximate surface area is 147 Å². The topological polar surface area (TPSA) is 56.1 Å². The van der Waals surface area contributed by atoms with Crippen molar-refractivity contribution < 1.29 is 9.53 Å². The molecule has 0 radical (unpaired) electrons. The second-order valence-electron chi connectivity index (χ2n) is 5.83. The molecule has 128 valence electrons. The van der Waals surface area contributed by atoms with Crippen molar-refractivity contribution in [3.8, 4) is 5.75 Å². The highest BCUT2D eigenvalue weighted by molar-refractivity contribution is 5.95. The van der Waals surface area contributed by atoms with Crippen LogP contribution in [-0.2, 0) is 7.05 Å². The zero-order valence-electron chi connectivity index (χ0n) is 14.3. The number of nitrogens with one attached hydrogen (secondary N) is 1. The van der Waals surface area contributed by atoms with Crippen LogP contribution in [0.15, 0.2) is 66.9 Å². The molecule has 1 atom stereocenters. The number of nitrogens with zero attached hydrogens (tertiary/aromatic N) is 2. The predicted octanol–water partition coefficient (Wildman–Crippen LogP) is 3.28. The fourth-order valence-electron chi connectivity index (χ4n) is 2.56. The highest BCUT2D eigenvalue weighted by Gasteiger charge is 2.19. The SMILES string of the molecule is Cc1c(C(=O)NC(COc2ccccc2)c2ccccc2)cnn1C. The van der Waals surface area contributed by atoms with E-state index in [0.717, 1.165) is 17.0 Å². The van der Waals surface area contributed by atoms with E-state index in [4.69, 9.17) is 4.74 Å². The number of carbonyl (C=O) groups excluding carboxylic acids is 1. The minimum atomic E-state index is -0.256. The van der Waals surface area contributed by atoms with Crippen LogP contribution in [0, 0.1) is 6.92 Å². The van der Waals surface area contributed by atoms with Crippen LogP contribution in [0.5, 0.6) is 5.75 Å². The summed E-state index contributed by atoms with van der Waals surface area (Å²) in [6, 6.07) is 19.1. The van der Waals surface area contributed by atoms with Crippen LogP contribution in [0.3, 0.4) is 0 Å². The largest absolute Gasteiger partial charge is 0.491 e. The van der Waals surface area contributed by atoms with Gasteiger partial charge in [-0.05, 0) is 24.6 Å². The Morgan fingerprint density at radius 3 is 2.36 bits per heavy atom. The van der Waals surface area contributed by atoms with Crippen molar-refractivity contribution in [3.05, 3.63) is 83.7 Å². The number of ether oxygens (including phenoxy) is 1. The first-order valence-electron chi connectivity index (χ1n) is 8.17. The molecule has 3 aromatic rings. The van der Waals surface area contributed by atoms with Gasteiger partial charge in [-0.3, -0.25) is 9.48 Å². The van der Waals surface area contributed by atoms with E-state index in [-0.39, 0.29) is 11.9 Å². The monoisotopic (exact) mass is 335 g/mol. The van der Waals surface area contributed by atoms with Gasteiger partial charge in [0.25, 0.3) is 5.91 Å². The maximum atomic E-state index is 12.7. The fourth-order valence-corrected chi connectivity index (χ4v) is 2.56. The zero-order chi connectivity index (χ0) is 17.6. The smallest absolute Gasteiger partial charge is 0.255 e. The van der Waals surface area contributed by atoms with E-state index in [0.29, 0.717) is 12.2 Å². The summed E-state index contributed by atoms with van der Waals surface area (Å²) in [6.45, 7) is 2.22. The number of carbonyl (C=O) groups is 1. The van der Waals surface area contributed by atoms with Gasteiger partial charge in [-0.1, -0.05) is 48.5 Å². The van der Waals surface area contributed by atoms with Gasteiger partial charge in [0.05, 0.1) is 17.8 Å². The van der Waals surface area contributed by atoms with Crippen LogP contribution in [-0.4, -0.2) is 22.3 Å². The third-order valence-corrected chi connectivity index (χ3v) is 4.15. The van der Waals surface area contributed by atoms with E-state index >= 15 is 0 Å². The van der Waals surface area contributed by atoms with Crippen LogP contribution in [0.2, 0.25) is 0 Å². The summed E-state index contributed by atoms with van der Waals surface area (Å²) in [5, 5.41) is 7.19. The van der Waals surface area contributed by atoms with E-state index in [1.807, 2.05) is 74.6 Å². The molecule has 0 bridgehead atoms. The minimum absolute atomic E-state index is 0.156. The number of aromatic nitrogens is 2. The lowest BCUT2D eigenvalue weighted by molar-refractivity contribution is 0.0920. The lowest BCUT2D eigenvalue weighted by Crippen LogP contribution is -2.32. The van der Waals surface area contributed by atoms with E-state index in [2.05, 4.69) is 10.4 Å². The Balaban J connectivity index is 1.77. The number of aryl methyl sites for hydroxylation is 1. The summed E-state index contributed by atoms with van der Waals surface area (Å²) in [5.41, 5.74) is 2.39. The molecule has 0 aliphatic heterocycles.